The molecule has 4 atom stereocenters. The summed E-state index contributed by atoms with van der Waals surface area (Å²) in [7, 11) is 0. The maximum Gasteiger partial charge on any atom is 0.171 e. The third kappa shape index (κ3) is 1.79. The fourth-order valence-corrected chi connectivity index (χ4v) is 7.92. The lowest BCUT2D eigenvalue weighted by molar-refractivity contribution is -0.237. The zero-order valence-electron chi connectivity index (χ0n) is 13.1. The zero-order chi connectivity index (χ0) is 14.1. The van der Waals surface area contributed by atoms with Crippen LogP contribution in [0, 0.1) is 22.7 Å². The van der Waals surface area contributed by atoms with Gasteiger partial charge in [-0.3, -0.25) is 4.31 Å². The van der Waals surface area contributed by atoms with Gasteiger partial charge in [-0.15, -0.1) is 0 Å². The molecule has 0 spiro atoms. The van der Waals surface area contributed by atoms with E-state index in [0.717, 1.165) is 25.0 Å². The van der Waals surface area contributed by atoms with Crippen LogP contribution >= 0.6 is 11.9 Å². The molecule has 0 aromatic rings. The van der Waals surface area contributed by atoms with Gasteiger partial charge in [0.25, 0.3) is 0 Å². The minimum absolute atomic E-state index is 0.285. The fraction of sp³-hybridized carbons (Fsp3) is 1.00. The summed E-state index contributed by atoms with van der Waals surface area (Å²) in [6, 6.07) is 0. The van der Waals surface area contributed by atoms with Gasteiger partial charge in [0, 0.05) is 24.3 Å². The molecule has 0 N–H and O–H groups in total. The van der Waals surface area contributed by atoms with E-state index >= 15 is 0 Å². The Hall–Kier alpha value is 0.230. The Morgan fingerprint density at radius 2 is 2.05 bits per heavy atom. The van der Waals surface area contributed by atoms with Gasteiger partial charge in [-0.1, -0.05) is 11.9 Å². The number of nitrogens with zero attached hydrogens (tertiary/aromatic N) is 1. The number of rotatable bonds is 3. The van der Waals surface area contributed by atoms with Crippen molar-refractivity contribution in [1.29, 1.82) is 0 Å². The first-order valence-corrected chi connectivity index (χ1v) is 9.73. The minimum Gasteiger partial charge on any atom is -0.347 e. The SMILES string of the molecule is CC1(C23CC4CC2CC(CN2CCCS2)(C4)C3)OCCO1. The summed E-state index contributed by atoms with van der Waals surface area (Å²) in [5.41, 5.74) is 0.901. The smallest absolute Gasteiger partial charge is 0.171 e. The summed E-state index contributed by atoms with van der Waals surface area (Å²) in [6.07, 6.45) is 8.44. The Labute approximate surface area is 132 Å². The lowest BCUT2D eigenvalue weighted by Crippen LogP contribution is -2.49. The molecule has 0 radical (unpaired) electrons. The van der Waals surface area contributed by atoms with Crippen LogP contribution in [0.15, 0.2) is 0 Å². The molecule has 0 aromatic heterocycles. The predicted octanol–water partition coefficient (Wildman–Crippen LogP) is 3.30. The van der Waals surface area contributed by atoms with E-state index in [2.05, 4.69) is 23.2 Å². The van der Waals surface area contributed by atoms with Crippen LogP contribution < -0.4 is 0 Å². The van der Waals surface area contributed by atoms with E-state index in [-0.39, 0.29) is 5.79 Å². The molecule has 118 valence electrons. The van der Waals surface area contributed by atoms with Gasteiger partial charge in [0.1, 0.15) is 0 Å². The average molecular weight is 309 g/mol. The molecule has 21 heavy (non-hydrogen) atoms. The Bertz CT molecular complexity index is 446. The Kier molecular flexibility index (Phi) is 2.86. The molecule has 0 amide bonds. The highest BCUT2D eigenvalue weighted by molar-refractivity contribution is 7.97. The summed E-state index contributed by atoms with van der Waals surface area (Å²) in [4.78, 5) is 0. The third-order valence-corrected chi connectivity index (χ3v) is 8.37. The highest BCUT2D eigenvalue weighted by atomic mass is 32.2. The van der Waals surface area contributed by atoms with Gasteiger partial charge in [0.05, 0.1) is 13.2 Å². The van der Waals surface area contributed by atoms with Crippen molar-refractivity contribution >= 4 is 11.9 Å². The second-order valence-electron chi connectivity index (χ2n) is 8.44. The lowest BCUT2D eigenvalue weighted by atomic mass is 9.64. The van der Waals surface area contributed by atoms with Crippen molar-refractivity contribution in [3.63, 3.8) is 0 Å². The first-order valence-electron chi connectivity index (χ1n) is 8.79. The van der Waals surface area contributed by atoms with Crippen molar-refractivity contribution in [2.45, 2.75) is 51.2 Å². The molecule has 6 fully saturated rings. The summed E-state index contributed by atoms with van der Waals surface area (Å²) in [6.45, 7) is 6.47. The van der Waals surface area contributed by atoms with E-state index < -0.39 is 0 Å². The monoisotopic (exact) mass is 309 g/mol. The lowest BCUT2D eigenvalue weighted by Gasteiger charge is -2.47. The largest absolute Gasteiger partial charge is 0.347 e. The molecule has 6 aliphatic rings. The van der Waals surface area contributed by atoms with Crippen LogP contribution in [0.5, 0.6) is 0 Å². The molecule has 3 nitrogen and oxygen atoms in total. The summed E-state index contributed by atoms with van der Waals surface area (Å²) >= 11 is 2.09. The van der Waals surface area contributed by atoms with Gasteiger partial charge in [-0.2, -0.15) is 0 Å². The van der Waals surface area contributed by atoms with E-state index in [1.807, 2.05) is 0 Å². The molecule has 6 rings (SSSR count). The summed E-state index contributed by atoms with van der Waals surface area (Å²) in [5, 5.41) is 0. The van der Waals surface area contributed by atoms with Crippen LogP contribution in [0.4, 0.5) is 0 Å². The van der Waals surface area contributed by atoms with Gasteiger partial charge in [-0.25, -0.2) is 0 Å². The highest BCUT2D eigenvalue weighted by Gasteiger charge is 2.71. The molecular formula is C17H27NO2S. The van der Waals surface area contributed by atoms with E-state index in [4.69, 9.17) is 9.47 Å². The molecule has 4 unspecified atom stereocenters. The molecule has 4 heteroatoms. The average Bonchev–Trinajstić information content (AvgIpc) is 3.16. The van der Waals surface area contributed by atoms with Crippen LogP contribution in [0.3, 0.4) is 0 Å². The zero-order valence-corrected chi connectivity index (χ0v) is 13.9. The molecule has 4 aliphatic carbocycles. The van der Waals surface area contributed by atoms with Crippen LogP contribution in [-0.4, -0.2) is 42.1 Å². The molecule has 4 saturated carbocycles. The maximum absolute atomic E-state index is 6.17. The van der Waals surface area contributed by atoms with Gasteiger partial charge < -0.3 is 9.47 Å². The Morgan fingerprint density at radius 3 is 2.81 bits per heavy atom. The highest BCUT2D eigenvalue weighted by Crippen LogP contribution is 2.74. The number of ether oxygens (including phenoxy) is 2. The van der Waals surface area contributed by atoms with Gasteiger partial charge in [-0.05, 0) is 62.7 Å². The second-order valence-corrected chi connectivity index (χ2v) is 9.62. The van der Waals surface area contributed by atoms with Crippen molar-refractivity contribution in [3.8, 4) is 0 Å². The second kappa shape index (κ2) is 4.40. The molecule has 4 bridgehead atoms. The van der Waals surface area contributed by atoms with Crippen LogP contribution in [-0.2, 0) is 9.47 Å². The molecule has 2 aliphatic heterocycles. The van der Waals surface area contributed by atoms with Crippen molar-refractivity contribution < 1.29 is 9.47 Å². The van der Waals surface area contributed by atoms with Crippen molar-refractivity contribution in [1.82, 2.24) is 4.31 Å². The van der Waals surface area contributed by atoms with Gasteiger partial charge >= 0.3 is 0 Å². The normalized spacial score (nSPS) is 51.3. The fourth-order valence-electron chi connectivity index (χ4n) is 6.78. The number of hydrogen-bond donors (Lipinski definition) is 0. The summed E-state index contributed by atoms with van der Waals surface area (Å²) < 4.78 is 15.0. The van der Waals surface area contributed by atoms with E-state index in [9.17, 15) is 0 Å². The predicted molar refractivity (Wildman–Crippen MR) is 83.9 cm³/mol. The molecule has 0 aromatic carbocycles. The Morgan fingerprint density at radius 1 is 1.19 bits per heavy atom. The van der Waals surface area contributed by atoms with Gasteiger partial charge in [0.15, 0.2) is 5.79 Å². The Balaban J connectivity index is 1.45. The minimum atomic E-state index is -0.285. The van der Waals surface area contributed by atoms with Crippen molar-refractivity contribution in [3.05, 3.63) is 0 Å². The molecule has 2 heterocycles. The quantitative estimate of drug-likeness (QED) is 0.746. The van der Waals surface area contributed by atoms with Crippen LogP contribution in [0.1, 0.15) is 45.4 Å². The maximum atomic E-state index is 6.17. The topological polar surface area (TPSA) is 21.7 Å². The number of hydrogen-bond acceptors (Lipinski definition) is 4. The molecule has 2 saturated heterocycles. The van der Waals surface area contributed by atoms with Crippen molar-refractivity contribution in [2.24, 2.45) is 22.7 Å². The van der Waals surface area contributed by atoms with Crippen LogP contribution in [0.2, 0.25) is 0 Å². The van der Waals surface area contributed by atoms with Crippen molar-refractivity contribution in [2.75, 3.05) is 32.1 Å². The van der Waals surface area contributed by atoms with Gasteiger partial charge in [0.2, 0.25) is 0 Å². The van der Waals surface area contributed by atoms with E-state index in [1.54, 1.807) is 0 Å². The molecular weight excluding hydrogens is 282 g/mol. The first-order chi connectivity index (χ1) is 10.1. The van der Waals surface area contributed by atoms with E-state index in [1.165, 1.54) is 57.4 Å². The van der Waals surface area contributed by atoms with E-state index in [0.29, 0.717) is 10.8 Å². The first kappa shape index (κ1) is 13.6. The van der Waals surface area contributed by atoms with Crippen LogP contribution in [0.25, 0.3) is 0 Å². The standard InChI is InChI=1S/C17H27NO2S/c1-15(19-4-5-20-15)17-9-13-7-14(17)10-16(8-13,11-17)12-18-3-2-6-21-18/h13-14H,2-12H2,1H3. The summed E-state index contributed by atoms with van der Waals surface area (Å²) in [5.74, 6) is 2.84. The third-order valence-electron chi connectivity index (χ3n) is 7.22.